The summed E-state index contributed by atoms with van der Waals surface area (Å²) >= 11 is 1.45. The maximum Gasteiger partial charge on any atom is 0.258 e. The number of hydrogen-bond acceptors (Lipinski definition) is 8. The lowest BCUT2D eigenvalue weighted by molar-refractivity contribution is -0.139. The maximum atomic E-state index is 13.0. The Balaban J connectivity index is 1.10. The van der Waals surface area contributed by atoms with Gasteiger partial charge in [0.2, 0.25) is 5.91 Å². The molecule has 1 amide bonds. The molecule has 5 rings (SSSR count). The molecule has 2 aromatic rings. The number of amides is 1. The molecule has 3 aliphatic heterocycles. The largest absolute Gasteiger partial charge is 0.340 e. The monoisotopic (exact) mass is 479 g/mol. The van der Waals surface area contributed by atoms with Gasteiger partial charge in [-0.15, -0.1) is 11.3 Å². The van der Waals surface area contributed by atoms with Gasteiger partial charge in [0, 0.05) is 62.3 Å². The molecular weight excluding hydrogens is 450 g/mol. The Kier molecular flexibility index (Phi) is 6.08. The first kappa shape index (κ1) is 22.0. The van der Waals surface area contributed by atoms with Crippen molar-refractivity contribution in [3.05, 3.63) is 33.7 Å². The molecule has 9 nitrogen and oxygen atoms in total. The number of fused-ring (bicyclic) bond motifs is 1. The summed E-state index contributed by atoms with van der Waals surface area (Å²) in [6.45, 7) is 5.17. The van der Waals surface area contributed by atoms with Crippen molar-refractivity contribution >= 4 is 32.0 Å². The zero-order valence-corrected chi connectivity index (χ0v) is 19.7. The van der Waals surface area contributed by atoms with Crippen LogP contribution in [0.15, 0.2) is 22.4 Å². The summed E-state index contributed by atoms with van der Waals surface area (Å²) in [7, 11) is -2.87. The summed E-state index contributed by atoms with van der Waals surface area (Å²) in [5, 5.41) is 1.86. The fraction of sp³-hybridized carbons (Fsp3) is 0.667. The second kappa shape index (κ2) is 8.85. The predicted molar refractivity (Wildman–Crippen MR) is 123 cm³/mol. The number of aromatic nitrogens is 2. The molecule has 1 atom stereocenters. The first-order chi connectivity index (χ1) is 15.4. The number of hydrogen-bond donors (Lipinski definition) is 0. The molecule has 5 heterocycles. The van der Waals surface area contributed by atoms with Crippen molar-refractivity contribution < 1.29 is 13.2 Å². The quantitative estimate of drug-likeness (QED) is 0.622. The number of piperidine rings is 1. The smallest absolute Gasteiger partial charge is 0.258 e. The van der Waals surface area contributed by atoms with Crippen LogP contribution < -0.4 is 5.56 Å². The number of piperazine rings is 1. The van der Waals surface area contributed by atoms with Crippen LogP contribution >= 0.6 is 11.3 Å². The lowest BCUT2D eigenvalue weighted by atomic mass is 9.94. The Morgan fingerprint density at radius 1 is 1.09 bits per heavy atom. The van der Waals surface area contributed by atoms with Crippen LogP contribution in [0.25, 0.3) is 4.96 Å². The Morgan fingerprint density at radius 2 is 1.84 bits per heavy atom. The normalized spacial score (nSPS) is 25.5. The van der Waals surface area contributed by atoms with E-state index in [0.29, 0.717) is 30.3 Å². The Labute approximate surface area is 191 Å². The van der Waals surface area contributed by atoms with Gasteiger partial charge in [-0.05, 0) is 32.4 Å². The molecule has 0 N–H and O–H groups in total. The molecule has 174 valence electrons. The van der Waals surface area contributed by atoms with Crippen LogP contribution in [0.2, 0.25) is 0 Å². The second-order valence-corrected chi connectivity index (χ2v) is 12.2. The van der Waals surface area contributed by atoms with Gasteiger partial charge in [0.15, 0.2) is 14.8 Å². The van der Waals surface area contributed by atoms with Gasteiger partial charge < -0.3 is 4.90 Å². The maximum absolute atomic E-state index is 13.0. The average molecular weight is 480 g/mol. The van der Waals surface area contributed by atoms with Gasteiger partial charge in [-0.2, -0.15) is 0 Å². The van der Waals surface area contributed by atoms with E-state index in [1.807, 2.05) is 10.3 Å². The second-order valence-electron chi connectivity index (χ2n) is 9.11. The molecule has 11 heteroatoms. The van der Waals surface area contributed by atoms with Gasteiger partial charge >= 0.3 is 0 Å². The fourth-order valence-electron chi connectivity index (χ4n) is 5.16. The van der Waals surface area contributed by atoms with E-state index in [2.05, 4.69) is 14.8 Å². The number of carbonyl (C=O) groups excluding carboxylic acids is 1. The minimum absolute atomic E-state index is 0.0405. The summed E-state index contributed by atoms with van der Waals surface area (Å²) in [4.78, 5) is 37.0. The van der Waals surface area contributed by atoms with Crippen molar-refractivity contribution in [3.63, 3.8) is 0 Å². The number of likely N-dealkylation sites (tertiary alicyclic amines) is 1. The highest BCUT2D eigenvalue weighted by Crippen LogP contribution is 2.26. The summed E-state index contributed by atoms with van der Waals surface area (Å²) in [6, 6.07) is 1.73. The van der Waals surface area contributed by atoms with E-state index in [-0.39, 0.29) is 29.2 Å². The van der Waals surface area contributed by atoms with Gasteiger partial charge in [-0.25, -0.2) is 13.4 Å². The topological polar surface area (TPSA) is 95.3 Å². The van der Waals surface area contributed by atoms with Gasteiger partial charge in [0.1, 0.15) is 0 Å². The molecule has 0 spiro atoms. The van der Waals surface area contributed by atoms with Crippen LogP contribution in [0, 0.1) is 5.92 Å². The molecule has 0 radical (unpaired) electrons. The summed E-state index contributed by atoms with van der Waals surface area (Å²) in [6.07, 6.45) is 4.09. The van der Waals surface area contributed by atoms with Crippen LogP contribution in [0.1, 0.15) is 25.0 Å². The highest BCUT2D eigenvalue weighted by atomic mass is 32.2. The van der Waals surface area contributed by atoms with Gasteiger partial charge in [-0.1, -0.05) is 0 Å². The molecule has 0 unspecified atom stereocenters. The molecule has 32 heavy (non-hydrogen) atoms. The average Bonchev–Trinajstić information content (AvgIpc) is 3.40. The van der Waals surface area contributed by atoms with E-state index in [9.17, 15) is 18.0 Å². The first-order valence-corrected chi connectivity index (χ1v) is 14.0. The van der Waals surface area contributed by atoms with Gasteiger partial charge in [0.25, 0.3) is 5.56 Å². The summed E-state index contributed by atoms with van der Waals surface area (Å²) < 4.78 is 25.1. The minimum Gasteiger partial charge on any atom is -0.340 e. The lowest BCUT2D eigenvalue weighted by Gasteiger charge is -2.39. The third-order valence-corrected chi connectivity index (χ3v) is 9.54. The predicted octanol–water partition coefficient (Wildman–Crippen LogP) is 0.299. The molecule has 2 aromatic heterocycles. The highest BCUT2D eigenvalue weighted by molar-refractivity contribution is 7.91. The molecule has 3 saturated heterocycles. The number of sulfone groups is 1. The van der Waals surface area contributed by atoms with E-state index in [1.54, 1.807) is 16.7 Å². The molecule has 0 aromatic carbocycles. The molecule has 0 aliphatic carbocycles. The highest BCUT2D eigenvalue weighted by Gasteiger charge is 2.36. The molecule has 0 bridgehead atoms. The van der Waals surface area contributed by atoms with Crippen LogP contribution in [-0.2, 0) is 21.2 Å². The number of carbonyl (C=O) groups is 1. The van der Waals surface area contributed by atoms with Gasteiger partial charge in [0.05, 0.1) is 17.2 Å². The summed E-state index contributed by atoms with van der Waals surface area (Å²) in [5.74, 6) is 0.847. The van der Waals surface area contributed by atoms with Crippen molar-refractivity contribution in [1.82, 2.24) is 24.1 Å². The Morgan fingerprint density at radius 3 is 2.53 bits per heavy atom. The van der Waals surface area contributed by atoms with Crippen LogP contribution in [0.3, 0.4) is 0 Å². The third-order valence-electron chi connectivity index (χ3n) is 7.03. The van der Waals surface area contributed by atoms with Crippen molar-refractivity contribution in [2.24, 2.45) is 5.92 Å². The molecule has 3 aliphatic rings. The van der Waals surface area contributed by atoms with Gasteiger partial charge in [-0.3, -0.25) is 23.8 Å². The SMILES string of the molecule is O=C(C1CCN([C@@H]2CCS(=O)(=O)C2)CC1)N1CCN(Cc2cc(=O)n3ccsc3n2)CC1. The van der Waals surface area contributed by atoms with E-state index in [0.717, 1.165) is 51.1 Å². The molecular formula is C21H29N5O4S2. The van der Waals surface area contributed by atoms with Crippen molar-refractivity contribution in [1.29, 1.82) is 0 Å². The fourth-order valence-corrected chi connectivity index (χ4v) is 7.66. The van der Waals surface area contributed by atoms with Crippen molar-refractivity contribution in [2.75, 3.05) is 50.8 Å². The number of nitrogens with zero attached hydrogens (tertiary/aromatic N) is 5. The van der Waals surface area contributed by atoms with Crippen LogP contribution in [0.5, 0.6) is 0 Å². The number of rotatable bonds is 4. The van der Waals surface area contributed by atoms with Crippen LogP contribution in [-0.4, -0.2) is 95.2 Å². The van der Waals surface area contributed by atoms with E-state index < -0.39 is 9.84 Å². The first-order valence-electron chi connectivity index (χ1n) is 11.3. The Hall–Kier alpha value is -1.82. The molecule has 3 fully saturated rings. The van der Waals surface area contributed by atoms with Crippen molar-refractivity contribution in [2.45, 2.75) is 31.8 Å². The summed E-state index contributed by atoms with van der Waals surface area (Å²) in [5.41, 5.74) is 0.722. The van der Waals surface area contributed by atoms with E-state index in [4.69, 9.17) is 0 Å². The van der Waals surface area contributed by atoms with E-state index in [1.165, 1.54) is 11.3 Å². The third kappa shape index (κ3) is 4.61. The zero-order chi connectivity index (χ0) is 22.3. The van der Waals surface area contributed by atoms with Crippen LogP contribution in [0.4, 0.5) is 0 Å². The molecule has 0 saturated carbocycles. The standard InChI is InChI=1S/C21H29N5O4S2/c27-19-13-17(22-21-26(19)10-11-31-21)14-23-6-8-25(9-7-23)20(28)16-1-4-24(5-2-16)18-3-12-32(29,30)15-18/h10-11,13,16,18H,1-9,12,14-15H2/t18-/m1/s1. The van der Waals surface area contributed by atoms with Crippen molar-refractivity contribution in [3.8, 4) is 0 Å². The van der Waals surface area contributed by atoms with E-state index >= 15 is 0 Å². The minimum atomic E-state index is -2.87. The lowest BCUT2D eigenvalue weighted by Crippen LogP contribution is -2.52. The number of thiazole rings is 1. The zero-order valence-electron chi connectivity index (χ0n) is 18.1. The Bertz CT molecular complexity index is 1140.